The number of nitrogens with zero attached hydrogens (tertiary/aromatic N) is 1. The molecule has 1 fully saturated rings. The van der Waals surface area contributed by atoms with Crippen LogP contribution in [0.5, 0.6) is 0 Å². The molecule has 0 radical (unpaired) electrons. The zero-order chi connectivity index (χ0) is 13.9. The summed E-state index contributed by atoms with van der Waals surface area (Å²) in [6, 6.07) is 3.16. The van der Waals surface area contributed by atoms with E-state index in [9.17, 15) is 8.42 Å². The van der Waals surface area contributed by atoms with Crippen molar-refractivity contribution >= 4 is 21.6 Å². The minimum atomic E-state index is -3.55. The minimum Gasteiger partial charge on any atom is -0.263 e. The fourth-order valence-electron chi connectivity index (χ4n) is 2.75. The van der Waals surface area contributed by atoms with Crippen LogP contribution in [0.1, 0.15) is 32.6 Å². The Morgan fingerprint density at radius 2 is 2.37 bits per heavy atom. The van der Waals surface area contributed by atoms with E-state index in [-0.39, 0.29) is 4.90 Å². The SMILES string of the molecule is CC1CCCC(CCl)(NS(=O)(=O)c2cccnc2)C1. The third kappa shape index (κ3) is 3.46. The molecule has 6 heteroatoms. The van der Waals surface area contributed by atoms with Crippen LogP contribution in [0.25, 0.3) is 0 Å². The first-order valence-electron chi connectivity index (χ1n) is 6.47. The lowest BCUT2D eigenvalue weighted by molar-refractivity contribution is 0.239. The molecular weight excluding hydrogens is 284 g/mol. The standard InChI is InChI=1S/C13H19ClN2O2S/c1-11-4-2-6-13(8-11,10-14)16-19(17,18)12-5-3-7-15-9-12/h3,5,7,9,11,16H,2,4,6,8,10H2,1H3. The van der Waals surface area contributed by atoms with Gasteiger partial charge < -0.3 is 0 Å². The maximum absolute atomic E-state index is 12.4. The van der Waals surface area contributed by atoms with Crippen molar-refractivity contribution in [3.05, 3.63) is 24.5 Å². The quantitative estimate of drug-likeness (QED) is 0.870. The molecule has 1 saturated carbocycles. The van der Waals surface area contributed by atoms with E-state index in [4.69, 9.17) is 11.6 Å². The molecule has 0 spiro atoms. The maximum Gasteiger partial charge on any atom is 0.242 e. The van der Waals surface area contributed by atoms with Crippen LogP contribution in [0, 0.1) is 5.92 Å². The second-order valence-electron chi connectivity index (χ2n) is 5.41. The molecule has 0 saturated heterocycles. The van der Waals surface area contributed by atoms with Gasteiger partial charge in [-0.2, -0.15) is 0 Å². The molecule has 0 aromatic carbocycles. The molecular formula is C13H19ClN2O2S. The summed E-state index contributed by atoms with van der Waals surface area (Å²) in [4.78, 5) is 4.05. The Hall–Kier alpha value is -0.650. The molecule has 0 amide bonds. The molecule has 0 aliphatic heterocycles. The summed E-state index contributed by atoms with van der Waals surface area (Å²) >= 11 is 6.05. The van der Waals surface area contributed by atoms with Crippen LogP contribution in [0.15, 0.2) is 29.4 Å². The Kier molecular flexibility index (Phi) is 4.48. The van der Waals surface area contributed by atoms with Gasteiger partial charge in [0, 0.05) is 23.8 Å². The van der Waals surface area contributed by atoms with E-state index in [1.807, 2.05) is 0 Å². The summed E-state index contributed by atoms with van der Waals surface area (Å²) in [7, 11) is -3.55. The normalized spacial score (nSPS) is 28.2. The van der Waals surface area contributed by atoms with Gasteiger partial charge in [0.25, 0.3) is 0 Å². The average molecular weight is 303 g/mol. The second-order valence-corrected chi connectivity index (χ2v) is 7.36. The predicted molar refractivity (Wildman–Crippen MR) is 75.6 cm³/mol. The van der Waals surface area contributed by atoms with Crippen LogP contribution in [0.4, 0.5) is 0 Å². The molecule has 2 atom stereocenters. The Morgan fingerprint density at radius 3 is 2.95 bits per heavy atom. The van der Waals surface area contributed by atoms with E-state index in [0.29, 0.717) is 11.8 Å². The monoisotopic (exact) mass is 302 g/mol. The zero-order valence-corrected chi connectivity index (χ0v) is 12.5. The lowest BCUT2D eigenvalue weighted by atomic mass is 9.78. The highest BCUT2D eigenvalue weighted by Crippen LogP contribution is 2.34. The van der Waals surface area contributed by atoms with Crippen LogP contribution < -0.4 is 4.72 Å². The van der Waals surface area contributed by atoms with Crippen LogP contribution in [0.3, 0.4) is 0 Å². The molecule has 1 heterocycles. The molecule has 1 aromatic heterocycles. The summed E-state index contributed by atoms with van der Waals surface area (Å²) in [5.41, 5.74) is -0.520. The smallest absolute Gasteiger partial charge is 0.242 e. The lowest BCUT2D eigenvalue weighted by Gasteiger charge is -2.38. The Morgan fingerprint density at radius 1 is 1.58 bits per heavy atom. The van der Waals surface area contributed by atoms with Crippen LogP contribution in [0.2, 0.25) is 0 Å². The minimum absolute atomic E-state index is 0.192. The van der Waals surface area contributed by atoms with E-state index < -0.39 is 15.6 Å². The average Bonchev–Trinajstić information content (AvgIpc) is 2.39. The number of sulfonamides is 1. The van der Waals surface area contributed by atoms with Gasteiger partial charge >= 0.3 is 0 Å². The van der Waals surface area contributed by atoms with Gasteiger partial charge in [-0.1, -0.05) is 19.8 Å². The highest BCUT2D eigenvalue weighted by molar-refractivity contribution is 7.89. The van der Waals surface area contributed by atoms with Gasteiger partial charge in [0.15, 0.2) is 0 Å². The van der Waals surface area contributed by atoms with Crippen molar-refractivity contribution in [3.63, 3.8) is 0 Å². The van der Waals surface area contributed by atoms with Crippen LogP contribution >= 0.6 is 11.6 Å². The third-order valence-electron chi connectivity index (χ3n) is 3.64. The fourth-order valence-corrected chi connectivity index (χ4v) is 4.54. The predicted octanol–water partition coefficient (Wildman–Crippen LogP) is 2.55. The van der Waals surface area contributed by atoms with Gasteiger partial charge in [0.05, 0.1) is 0 Å². The zero-order valence-electron chi connectivity index (χ0n) is 11.0. The Balaban J connectivity index is 2.23. The number of hydrogen-bond donors (Lipinski definition) is 1. The van der Waals surface area contributed by atoms with Gasteiger partial charge in [-0.05, 0) is 30.9 Å². The maximum atomic E-state index is 12.4. The van der Waals surface area contributed by atoms with E-state index in [1.54, 1.807) is 18.3 Å². The van der Waals surface area contributed by atoms with Crippen LogP contribution in [-0.4, -0.2) is 24.8 Å². The number of nitrogens with one attached hydrogen (secondary N) is 1. The first-order valence-corrected chi connectivity index (χ1v) is 8.49. The van der Waals surface area contributed by atoms with Crippen molar-refractivity contribution in [3.8, 4) is 0 Å². The van der Waals surface area contributed by atoms with Crippen molar-refractivity contribution < 1.29 is 8.42 Å². The summed E-state index contributed by atoms with van der Waals surface area (Å²) in [6.07, 6.45) is 6.63. The molecule has 2 rings (SSSR count). The van der Waals surface area contributed by atoms with E-state index in [1.165, 1.54) is 6.20 Å². The highest BCUT2D eigenvalue weighted by Gasteiger charge is 2.38. The van der Waals surface area contributed by atoms with Gasteiger partial charge in [-0.15, -0.1) is 11.6 Å². The molecule has 106 valence electrons. The molecule has 19 heavy (non-hydrogen) atoms. The van der Waals surface area contributed by atoms with E-state index >= 15 is 0 Å². The van der Waals surface area contributed by atoms with Gasteiger partial charge in [0.1, 0.15) is 4.90 Å². The Labute approximate surface area is 119 Å². The summed E-state index contributed by atoms with van der Waals surface area (Å²) < 4.78 is 27.5. The molecule has 4 nitrogen and oxygen atoms in total. The first kappa shape index (κ1) is 14.8. The molecule has 1 aliphatic carbocycles. The van der Waals surface area contributed by atoms with Crippen LogP contribution in [-0.2, 0) is 10.0 Å². The Bertz CT molecular complexity index is 521. The van der Waals surface area contributed by atoms with Gasteiger partial charge in [0.2, 0.25) is 10.0 Å². The number of alkyl halides is 1. The topological polar surface area (TPSA) is 59.1 Å². The van der Waals surface area contributed by atoms with Gasteiger partial charge in [-0.3, -0.25) is 4.98 Å². The number of pyridine rings is 1. The number of rotatable bonds is 4. The molecule has 1 aliphatic rings. The molecule has 0 bridgehead atoms. The first-order chi connectivity index (χ1) is 8.97. The van der Waals surface area contributed by atoms with E-state index in [0.717, 1.165) is 25.7 Å². The number of aromatic nitrogens is 1. The van der Waals surface area contributed by atoms with Crippen molar-refractivity contribution in [2.45, 2.75) is 43.0 Å². The molecule has 1 N–H and O–H groups in total. The van der Waals surface area contributed by atoms with E-state index in [2.05, 4.69) is 16.6 Å². The molecule has 1 aromatic rings. The van der Waals surface area contributed by atoms with Crippen molar-refractivity contribution in [1.82, 2.24) is 9.71 Å². The number of hydrogen-bond acceptors (Lipinski definition) is 3. The van der Waals surface area contributed by atoms with Crippen molar-refractivity contribution in [2.75, 3.05) is 5.88 Å². The second kappa shape index (κ2) is 5.77. The summed E-state index contributed by atoms with van der Waals surface area (Å²) in [5.74, 6) is 0.792. The highest BCUT2D eigenvalue weighted by atomic mass is 35.5. The molecule has 2 unspecified atom stereocenters. The van der Waals surface area contributed by atoms with Crippen molar-refractivity contribution in [2.24, 2.45) is 5.92 Å². The summed E-state index contributed by atoms with van der Waals surface area (Å²) in [5, 5.41) is 0. The third-order valence-corrected chi connectivity index (χ3v) is 5.72. The summed E-state index contributed by atoms with van der Waals surface area (Å²) in [6.45, 7) is 2.14. The van der Waals surface area contributed by atoms with Gasteiger partial charge in [-0.25, -0.2) is 13.1 Å². The fraction of sp³-hybridized carbons (Fsp3) is 0.615. The number of halogens is 1. The lowest BCUT2D eigenvalue weighted by Crippen LogP contribution is -2.52. The largest absolute Gasteiger partial charge is 0.263 e. The van der Waals surface area contributed by atoms with Crippen molar-refractivity contribution in [1.29, 1.82) is 0 Å².